The zero-order valence-corrected chi connectivity index (χ0v) is 24.3. The second-order valence-electron chi connectivity index (χ2n) is 10.5. The summed E-state index contributed by atoms with van der Waals surface area (Å²) in [7, 11) is 1.66. The minimum absolute atomic E-state index is 0.0172. The SMILES string of the molecule is COc1cccc(Cn2c(C(C)=O)c(-c3cccc(OCc4ccccc4)c3)c3cc(OCc4ccccc4)ccc32)c1. The molecule has 6 rings (SSSR count). The number of benzene rings is 5. The predicted octanol–water partition coefficient (Wildman–Crippen LogP) is 8.73. The van der Waals surface area contributed by atoms with Crippen molar-refractivity contribution in [1.29, 1.82) is 0 Å². The molecule has 0 fully saturated rings. The van der Waals surface area contributed by atoms with Crippen molar-refractivity contribution in [2.24, 2.45) is 0 Å². The molecule has 0 aliphatic heterocycles. The van der Waals surface area contributed by atoms with Gasteiger partial charge in [0.2, 0.25) is 0 Å². The second-order valence-corrected chi connectivity index (χ2v) is 10.5. The number of hydrogen-bond acceptors (Lipinski definition) is 4. The number of Topliss-reactive ketones (excluding diaryl/α,β-unsaturated/α-hetero) is 1. The van der Waals surface area contributed by atoms with Crippen LogP contribution in [-0.2, 0) is 19.8 Å². The van der Waals surface area contributed by atoms with Gasteiger partial charge >= 0.3 is 0 Å². The van der Waals surface area contributed by atoms with Crippen LogP contribution in [0.4, 0.5) is 0 Å². The Labute approximate surface area is 251 Å². The summed E-state index contributed by atoms with van der Waals surface area (Å²) in [6.45, 7) is 3.05. The van der Waals surface area contributed by atoms with Gasteiger partial charge in [-0.1, -0.05) is 84.9 Å². The third-order valence-corrected chi connectivity index (χ3v) is 7.46. The van der Waals surface area contributed by atoms with Gasteiger partial charge in [-0.15, -0.1) is 0 Å². The number of carbonyl (C=O) groups is 1. The molecule has 43 heavy (non-hydrogen) atoms. The van der Waals surface area contributed by atoms with Crippen LogP contribution in [-0.4, -0.2) is 17.5 Å². The zero-order chi connectivity index (χ0) is 29.6. The van der Waals surface area contributed by atoms with Crippen LogP contribution in [0, 0.1) is 0 Å². The van der Waals surface area contributed by atoms with Gasteiger partial charge in [0.25, 0.3) is 0 Å². The van der Waals surface area contributed by atoms with Crippen molar-refractivity contribution < 1.29 is 19.0 Å². The molecular weight excluding hydrogens is 534 g/mol. The summed E-state index contributed by atoms with van der Waals surface area (Å²) < 4.78 is 20.0. The molecule has 5 aromatic carbocycles. The van der Waals surface area contributed by atoms with Gasteiger partial charge in [0.05, 0.1) is 12.8 Å². The van der Waals surface area contributed by atoms with Gasteiger partial charge in [0, 0.05) is 29.9 Å². The third kappa shape index (κ3) is 6.31. The lowest BCUT2D eigenvalue weighted by molar-refractivity contribution is 0.101. The van der Waals surface area contributed by atoms with E-state index in [-0.39, 0.29) is 5.78 Å². The normalized spacial score (nSPS) is 10.9. The Kier molecular flexibility index (Phi) is 8.23. The van der Waals surface area contributed by atoms with Crippen molar-refractivity contribution >= 4 is 16.7 Å². The Morgan fingerprint density at radius 3 is 1.88 bits per heavy atom. The number of ether oxygens (including phenoxy) is 3. The number of nitrogens with zero attached hydrogens (tertiary/aromatic N) is 1. The quantitative estimate of drug-likeness (QED) is 0.147. The second kappa shape index (κ2) is 12.7. The Bertz CT molecular complexity index is 1860. The monoisotopic (exact) mass is 567 g/mol. The highest BCUT2D eigenvalue weighted by atomic mass is 16.5. The fourth-order valence-electron chi connectivity index (χ4n) is 5.42. The molecule has 1 heterocycles. The molecule has 0 N–H and O–H groups in total. The minimum Gasteiger partial charge on any atom is -0.497 e. The Hall–Kier alpha value is -5.29. The molecule has 6 aromatic rings. The van der Waals surface area contributed by atoms with Crippen LogP contribution in [0.1, 0.15) is 34.1 Å². The van der Waals surface area contributed by atoms with E-state index in [2.05, 4.69) is 4.57 Å². The summed E-state index contributed by atoms with van der Waals surface area (Å²) in [5.74, 6) is 2.23. The average Bonchev–Trinajstić information content (AvgIpc) is 3.37. The first-order chi connectivity index (χ1) is 21.1. The van der Waals surface area contributed by atoms with Crippen molar-refractivity contribution in [3.63, 3.8) is 0 Å². The van der Waals surface area contributed by atoms with Gasteiger partial charge in [0.15, 0.2) is 5.78 Å². The first-order valence-electron chi connectivity index (χ1n) is 14.3. The van der Waals surface area contributed by atoms with E-state index in [0.29, 0.717) is 25.5 Å². The maximum absolute atomic E-state index is 13.4. The van der Waals surface area contributed by atoms with Gasteiger partial charge in [-0.05, 0) is 64.7 Å². The maximum atomic E-state index is 13.4. The van der Waals surface area contributed by atoms with E-state index in [1.165, 1.54) is 0 Å². The summed E-state index contributed by atoms with van der Waals surface area (Å²) in [6, 6.07) is 42.1. The Morgan fingerprint density at radius 1 is 0.628 bits per heavy atom. The molecule has 214 valence electrons. The van der Waals surface area contributed by atoms with Crippen molar-refractivity contribution in [2.45, 2.75) is 26.7 Å². The molecule has 0 atom stereocenters. The van der Waals surface area contributed by atoms with E-state index in [9.17, 15) is 4.79 Å². The Balaban J connectivity index is 1.45. The molecule has 5 nitrogen and oxygen atoms in total. The van der Waals surface area contributed by atoms with Gasteiger partial charge in [0.1, 0.15) is 30.5 Å². The maximum Gasteiger partial charge on any atom is 0.176 e. The first-order valence-corrected chi connectivity index (χ1v) is 14.3. The lowest BCUT2D eigenvalue weighted by Gasteiger charge is -2.12. The number of fused-ring (bicyclic) bond motifs is 1. The molecule has 0 radical (unpaired) electrons. The lowest BCUT2D eigenvalue weighted by Crippen LogP contribution is -2.09. The van der Waals surface area contributed by atoms with E-state index >= 15 is 0 Å². The van der Waals surface area contributed by atoms with Crippen LogP contribution in [0.25, 0.3) is 22.0 Å². The molecule has 0 saturated heterocycles. The molecule has 0 bridgehead atoms. The number of aromatic nitrogens is 1. The summed E-state index contributed by atoms with van der Waals surface area (Å²) in [4.78, 5) is 13.4. The summed E-state index contributed by atoms with van der Waals surface area (Å²) >= 11 is 0. The highest BCUT2D eigenvalue weighted by Gasteiger charge is 2.23. The van der Waals surface area contributed by atoms with E-state index in [1.54, 1.807) is 14.0 Å². The van der Waals surface area contributed by atoms with Crippen LogP contribution >= 0.6 is 0 Å². The summed E-state index contributed by atoms with van der Waals surface area (Å²) in [6.07, 6.45) is 0. The van der Waals surface area contributed by atoms with Crippen LogP contribution in [0.3, 0.4) is 0 Å². The molecular formula is C38H33NO4. The largest absolute Gasteiger partial charge is 0.497 e. The van der Waals surface area contributed by atoms with Crippen LogP contribution in [0.5, 0.6) is 17.2 Å². The molecule has 0 spiro atoms. The molecule has 0 amide bonds. The van der Waals surface area contributed by atoms with Gasteiger partial charge < -0.3 is 18.8 Å². The van der Waals surface area contributed by atoms with Crippen molar-refractivity contribution in [2.75, 3.05) is 7.11 Å². The topological polar surface area (TPSA) is 49.7 Å². The molecule has 0 saturated carbocycles. The fourth-order valence-corrected chi connectivity index (χ4v) is 5.42. The van der Waals surface area contributed by atoms with Gasteiger partial charge in [-0.3, -0.25) is 4.79 Å². The summed E-state index contributed by atoms with van der Waals surface area (Å²) in [5, 5.41) is 0.943. The highest BCUT2D eigenvalue weighted by molar-refractivity contribution is 6.10. The molecule has 0 aliphatic carbocycles. The standard InChI is InChI=1S/C38H33NO4/c1-27(40)38-37(31-16-10-18-33(22-31)42-25-28-11-5-3-6-12-28)35-23-34(43-26-29-13-7-4-8-14-29)19-20-36(35)39(38)24-30-15-9-17-32(21-30)41-2/h3-23H,24-26H2,1-2H3. The van der Waals surface area contributed by atoms with Crippen molar-refractivity contribution in [1.82, 2.24) is 4.57 Å². The summed E-state index contributed by atoms with van der Waals surface area (Å²) in [5.41, 5.74) is 6.57. The van der Waals surface area contributed by atoms with E-state index in [4.69, 9.17) is 14.2 Å². The smallest absolute Gasteiger partial charge is 0.176 e. The lowest BCUT2D eigenvalue weighted by atomic mass is 10.00. The number of rotatable bonds is 11. The number of hydrogen-bond donors (Lipinski definition) is 0. The van der Waals surface area contributed by atoms with E-state index < -0.39 is 0 Å². The van der Waals surface area contributed by atoms with Crippen LogP contribution < -0.4 is 14.2 Å². The van der Waals surface area contributed by atoms with Crippen molar-refractivity contribution in [3.05, 3.63) is 150 Å². The molecule has 5 heteroatoms. The molecule has 0 unspecified atom stereocenters. The zero-order valence-electron chi connectivity index (χ0n) is 24.3. The molecule has 0 aliphatic rings. The van der Waals surface area contributed by atoms with Crippen molar-refractivity contribution in [3.8, 4) is 28.4 Å². The fraction of sp³-hybridized carbons (Fsp3) is 0.132. The average molecular weight is 568 g/mol. The Morgan fingerprint density at radius 2 is 1.23 bits per heavy atom. The van der Waals surface area contributed by atoms with E-state index in [0.717, 1.165) is 56.0 Å². The van der Waals surface area contributed by atoms with E-state index in [1.807, 2.05) is 127 Å². The molecule has 1 aromatic heterocycles. The first kappa shape index (κ1) is 27.9. The van der Waals surface area contributed by atoms with Crippen LogP contribution in [0.15, 0.2) is 127 Å². The van der Waals surface area contributed by atoms with Gasteiger partial charge in [-0.25, -0.2) is 0 Å². The third-order valence-electron chi connectivity index (χ3n) is 7.46. The highest BCUT2D eigenvalue weighted by Crippen LogP contribution is 2.39. The van der Waals surface area contributed by atoms with Gasteiger partial charge in [-0.2, -0.15) is 0 Å². The predicted molar refractivity (Wildman–Crippen MR) is 171 cm³/mol. The number of ketones is 1. The number of carbonyl (C=O) groups excluding carboxylic acids is 1. The van der Waals surface area contributed by atoms with Crippen LogP contribution in [0.2, 0.25) is 0 Å². The number of methoxy groups -OCH3 is 1. The minimum atomic E-state index is -0.0172.